The van der Waals surface area contributed by atoms with E-state index in [0.29, 0.717) is 18.2 Å². The van der Waals surface area contributed by atoms with Gasteiger partial charge in [0.1, 0.15) is 5.60 Å². The number of halogens is 1. The molecule has 0 aromatic carbocycles. The van der Waals surface area contributed by atoms with E-state index in [-0.39, 0.29) is 6.09 Å². The average molecular weight is 551 g/mol. The summed E-state index contributed by atoms with van der Waals surface area (Å²) in [5, 5.41) is 18.5. The fourth-order valence-corrected chi connectivity index (χ4v) is 6.62. The van der Waals surface area contributed by atoms with Crippen LogP contribution in [0.5, 0.6) is 0 Å². The normalized spacial score (nSPS) is 27.9. The molecule has 2 saturated heterocycles. The van der Waals surface area contributed by atoms with E-state index >= 15 is 0 Å². The molecule has 38 heavy (non-hydrogen) atoms. The maximum Gasteiger partial charge on any atom is 0.410 e. The van der Waals surface area contributed by atoms with Crippen LogP contribution < -0.4 is 4.90 Å². The quantitative estimate of drug-likeness (QED) is 0.492. The molecule has 0 spiro atoms. The number of ether oxygens (including phenoxy) is 1. The molecule has 8 nitrogen and oxygen atoms in total. The predicted octanol–water partition coefficient (Wildman–Crippen LogP) is 5.02. The average Bonchev–Trinajstić information content (AvgIpc) is 3.82. The van der Waals surface area contributed by atoms with Gasteiger partial charge in [-0.3, -0.25) is 0 Å². The van der Waals surface area contributed by atoms with Crippen LogP contribution in [0.15, 0.2) is 12.4 Å². The molecule has 4 aliphatic rings. The Balaban J connectivity index is 0.000000177. The third-order valence-electron chi connectivity index (χ3n) is 8.79. The van der Waals surface area contributed by atoms with Crippen LogP contribution >= 0.6 is 11.6 Å². The third kappa shape index (κ3) is 8.43. The number of anilines is 1. The maximum atomic E-state index is 11.9. The first-order chi connectivity index (χ1) is 18.2. The van der Waals surface area contributed by atoms with Crippen LogP contribution in [0.3, 0.4) is 0 Å². The SMILES string of the molecule is CC(C)(C)OC(=O)N1CCC(C2CC2CCO)CC1.OCCC1CC1C1CCN(c2ncc(Cl)cn2)CC1. The van der Waals surface area contributed by atoms with Crippen LogP contribution in [0.25, 0.3) is 0 Å². The summed E-state index contributed by atoms with van der Waals surface area (Å²) in [6.45, 7) is 10.1. The van der Waals surface area contributed by atoms with Crippen molar-refractivity contribution in [2.75, 3.05) is 44.3 Å². The van der Waals surface area contributed by atoms with Crippen molar-refractivity contribution in [1.29, 1.82) is 0 Å². The number of carbonyl (C=O) groups excluding carboxylic acids is 1. The number of hydrogen-bond donors (Lipinski definition) is 2. The molecule has 4 fully saturated rings. The molecule has 4 atom stereocenters. The minimum absolute atomic E-state index is 0.173. The van der Waals surface area contributed by atoms with Crippen molar-refractivity contribution < 1.29 is 19.7 Å². The summed E-state index contributed by atoms with van der Waals surface area (Å²) in [6, 6.07) is 0. The molecule has 2 saturated carbocycles. The Morgan fingerprint density at radius 3 is 1.84 bits per heavy atom. The van der Waals surface area contributed by atoms with Crippen molar-refractivity contribution in [3.05, 3.63) is 17.4 Å². The number of nitrogens with zero attached hydrogens (tertiary/aromatic N) is 4. The van der Waals surface area contributed by atoms with Gasteiger partial charge in [0, 0.05) is 39.4 Å². The molecule has 1 amide bonds. The first-order valence-electron chi connectivity index (χ1n) is 14.6. The standard InChI is InChI=1S/C15H27NO3.C14H20ClN3O/c1-15(2,3)19-14(18)16-7-4-11(5-8-16)13-10-12(13)6-9-17;15-12-8-16-14(17-9-12)18-4-1-10(2-5-18)13-7-11(13)3-6-19/h11-13,17H,4-10H2,1-3H3;8-11,13,19H,1-7H2. The Morgan fingerprint density at radius 1 is 0.921 bits per heavy atom. The van der Waals surface area contributed by atoms with Gasteiger partial charge in [0.2, 0.25) is 5.95 Å². The Morgan fingerprint density at radius 2 is 1.39 bits per heavy atom. The van der Waals surface area contributed by atoms with Crippen LogP contribution in [-0.2, 0) is 4.74 Å². The number of rotatable bonds is 7. The van der Waals surface area contributed by atoms with Crippen molar-refractivity contribution in [3.8, 4) is 0 Å². The topological polar surface area (TPSA) is 99.0 Å². The van der Waals surface area contributed by atoms with Gasteiger partial charge in [-0.1, -0.05) is 11.6 Å². The minimum atomic E-state index is -0.406. The Hall–Kier alpha value is -1.64. The van der Waals surface area contributed by atoms with Gasteiger partial charge in [-0.2, -0.15) is 0 Å². The zero-order valence-corrected chi connectivity index (χ0v) is 24.2. The molecule has 9 heteroatoms. The van der Waals surface area contributed by atoms with E-state index in [1.807, 2.05) is 25.7 Å². The molecule has 5 rings (SSSR count). The number of aliphatic hydroxyl groups excluding tert-OH is 2. The molecule has 3 heterocycles. The van der Waals surface area contributed by atoms with Crippen molar-refractivity contribution >= 4 is 23.6 Å². The van der Waals surface area contributed by atoms with Gasteiger partial charge in [-0.25, -0.2) is 14.8 Å². The van der Waals surface area contributed by atoms with Crippen LogP contribution in [0, 0.1) is 35.5 Å². The van der Waals surface area contributed by atoms with E-state index in [0.717, 1.165) is 93.3 Å². The number of likely N-dealkylation sites (tertiary alicyclic amines) is 1. The monoisotopic (exact) mass is 550 g/mol. The molecule has 2 aliphatic carbocycles. The highest BCUT2D eigenvalue weighted by molar-refractivity contribution is 6.30. The van der Waals surface area contributed by atoms with Crippen LogP contribution in [0.1, 0.15) is 72.1 Å². The lowest BCUT2D eigenvalue weighted by Gasteiger charge is -2.33. The molecule has 0 radical (unpaired) electrons. The molecule has 214 valence electrons. The van der Waals surface area contributed by atoms with Gasteiger partial charge in [0.05, 0.1) is 17.4 Å². The van der Waals surface area contributed by atoms with Crippen molar-refractivity contribution in [2.24, 2.45) is 35.5 Å². The summed E-state index contributed by atoms with van der Waals surface area (Å²) >= 11 is 5.81. The molecule has 1 aromatic rings. The summed E-state index contributed by atoms with van der Waals surface area (Å²) in [6.07, 6.45) is 12.3. The van der Waals surface area contributed by atoms with E-state index in [1.54, 1.807) is 12.4 Å². The molecule has 2 N–H and O–H groups in total. The Kier molecular flexibility index (Phi) is 10.1. The molecular formula is C29H47ClN4O4. The first-order valence-corrected chi connectivity index (χ1v) is 15.0. The largest absolute Gasteiger partial charge is 0.444 e. The van der Waals surface area contributed by atoms with Crippen molar-refractivity contribution in [3.63, 3.8) is 0 Å². The molecule has 4 unspecified atom stereocenters. The third-order valence-corrected chi connectivity index (χ3v) is 8.98. The van der Waals surface area contributed by atoms with E-state index < -0.39 is 5.60 Å². The number of aliphatic hydroxyl groups is 2. The van der Waals surface area contributed by atoms with Crippen LogP contribution in [-0.4, -0.2) is 76.2 Å². The number of carbonyl (C=O) groups is 1. The number of aromatic nitrogens is 2. The Labute approximate surface area is 233 Å². The molecular weight excluding hydrogens is 504 g/mol. The second-order valence-corrected chi connectivity index (χ2v) is 13.1. The van der Waals surface area contributed by atoms with Gasteiger partial charge in [0.25, 0.3) is 0 Å². The lowest BCUT2D eigenvalue weighted by molar-refractivity contribution is 0.0173. The van der Waals surface area contributed by atoms with E-state index in [9.17, 15) is 4.79 Å². The lowest BCUT2D eigenvalue weighted by Crippen LogP contribution is -2.42. The highest BCUT2D eigenvalue weighted by Crippen LogP contribution is 2.50. The number of piperidine rings is 2. The smallest absolute Gasteiger partial charge is 0.410 e. The fraction of sp³-hybridized carbons (Fsp3) is 0.828. The highest BCUT2D eigenvalue weighted by atomic mass is 35.5. The molecule has 1 aromatic heterocycles. The van der Waals surface area contributed by atoms with Gasteiger partial charge < -0.3 is 24.7 Å². The maximum absolute atomic E-state index is 11.9. The van der Waals surface area contributed by atoms with Crippen molar-refractivity contribution in [1.82, 2.24) is 14.9 Å². The Bertz CT molecular complexity index is 880. The summed E-state index contributed by atoms with van der Waals surface area (Å²) in [4.78, 5) is 24.6. The second kappa shape index (κ2) is 13.1. The molecule has 2 aliphatic heterocycles. The zero-order chi connectivity index (χ0) is 27.3. The van der Waals surface area contributed by atoms with Gasteiger partial charge in [-0.15, -0.1) is 0 Å². The molecule has 0 bridgehead atoms. The summed E-state index contributed by atoms with van der Waals surface area (Å²) in [5.41, 5.74) is -0.406. The van der Waals surface area contributed by atoms with E-state index in [2.05, 4.69) is 14.9 Å². The fourth-order valence-electron chi connectivity index (χ4n) is 6.53. The minimum Gasteiger partial charge on any atom is -0.444 e. The predicted molar refractivity (Wildman–Crippen MR) is 149 cm³/mol. The summed E-state index contributed by atoms with van der Waals surface area (Å²) in [7, 11) is 0. The van der Waals surface area contributed by atoms with Crippen LogP contribution in [0.2, 0.25) is 5.02 Å². The van der Waals surface area contributed by atoms with Crippen LogP contribution in [0.4, 0.5) is 10.7 Å². The first kappa shape index (κ1) is 29.3. The summed E-state index contributed by atoms with van der Waals surface area (Å²) < 4.78 is 5.40. The number of amides is 1. The number of hydrogen-bond acceptors (Lipinski definition) is 7. The van der Waals surface area contributed by atoms with E-state index in [4.69, 9.17) is 26.6 Å². The second-order valence-electron chi connectivity index (χ2n) is 12.7. The van der Waals surface area contributed by atoms with Crippen molar-refractivity contribution in [2.45, 2.75) is 77.7 Å². The van der Waals surface area contributed by atoms with Gasteiger partial charge in [0.15, 0.2) is 0 Å². The van der Waals surface area contributed by atoms with Gasteiger partial charge in [-0.05, 0) is 108 Å². The van der Waals surface area contributed by atoms with Gasteiger partial charge >= 0.3 is 6.09 Å². The highest BCUT2D eigenvalue weighted by Gasteiger charge is 2.44. The summed E-state index contributed by atoms with van der Waals surface area (Å²) in [5.74, 6) is 5.56. The lowest BCUT2D eigenvalue weighted by atomic mass is 9.90. The van der Waals surface area contributed by atoms with E-state index in [1.165, 1.54) is 25.7 Å². The zero-order valence-electron chi connectivity index (χ0n) is 23.4.